The van der Waals surface area contributed by atoms with Crippen molar-refractivity contribution in [2.24, 2.45) is 0 Å². The second-order valence-electron chi connectivity index (χ2n) is 8.54. The highest BCUT2D eigenvalue weighted by atomic mass is 19.3. The Morgan fingerprint density at radius 2 is 0.658 bits per heavy atom. The second kappa shape index (κ2) is 8.28. The molecule has 0 aromatic heterocycles. The van der Waals surface area contributed by atoms with Gasteiger partial charge in [0, 0.05) is 26.2 Å². The molecule has 5 aliphatic rings. The lowest BCUT2D eigenvalue weighted by Gasteiger charge is -2.44. The molecule has 4 aliphatic carbocycles. The topological polar surface area (TPSA) is 6.48 Å². The molecule has 0 saturated heterocycles. The number of halogens is 14. The summed E-state index contributed by atoms with van der Waals surface area (Å²) in [6.45, 7) is 0.294. The van der Waals surface area contributed by atoms with Crippen LogP contribution >= 0.6 is 0 Å². The molecule has 0 fully saturated rings. The van der Waals surface area contributed by atoms with Crippen LogP contribution in [0.25, 0.3) is 0 Å². The van der Waals surface area contributed by atoms with E-state index in [0.29, 0.717) is 9.80 Å². The van der Waals surface area contributed by atoms with E-state index in [1.165, 1.54) is 0 Å². The SMILES string of the molecule is CCN1CCN(CC)c2c1c1c(F)c(F)c2C(F)(F)C(F)(F)c2c(F)c(F)c(c(F)c2F)C(F)(F)C1(F)F. The van der Waals surface area contributed by atoms with Crippen LogP contribution in [0.3, 0.4) is 0 Å². The van der Waals surface area contributed by atoms with Gasteiger partial charge in [0.05, 0.1) is 22.5 Å². The molecule has 4 bridgehead atoms. The summed E-state index contributed by atoms with van der Waals surface area (Å²) in [6, 6.07) is 0. The fourth-order valence-corrected chi connectivity index (χ4v) is 4.76. The number of benzene rings is 2. The highest BCUT2D eigenvalue weighted by molar-refractivity contribution is 5.82. The van der Waals surface area contributed by atoms with E-state index in [-0.39, 0.29) is 0 Å². The van der Waals surface area contributed by atoms with Crippen LogP contribution in [0, 0.1) is 34.9 Å². The minimum absolute atomic E-state index is 0.474. The Bertz CT molecular complexity index is 1210. The Labute approximate surface area is 204 Å². The van der Waals surface area contributed by atoms with Gasteiger partial charge in [0.25, 0.3) is 0 Å². The molecule has 7 rings (SSSR count). The number of hydrogen-bond acceptors (Lipinski definition) is 2. The quantitative estimate of drug-likeness (QED) is 0.276. The summed E-state index contributed by atoms with van der Waals surface area (Å²) < 4.78 is 211. The van der Waals surface area contributed by atoms with Gasteiger partial charge in [-0.1, -0.05) is 0 Å². The molecule has 2 nitrogen and oxygen atoms in total. The van der Waals surface area contributed by atoms with Crippen LogP contribution in [0.15, 0.2) is 0 Å². The molecule has 1 heterocycles. The van der Waals surface area contributed by atoms with Gasteiger partial charge in [-0.15, -0.1) is 0 Å². The van der Waals surface area contributed by atoms with Gasteiger partial charge in [-0.3, -0.25) is 0 Å². The molecule has 0 amide bonds. The summed E-state index contributed by atoms with van der Waals surface area (Å²) in [6.07, 6.45) is 0. The first kappa shape index (κ1) is 28.1. The summed E-state index contributed by atoms with van der Waals surface area (Å²) in [7, 11) is 0. The summed E-state index contributed by atoms with van der Waals surface area (Å²) in [5, 5.41) is 0. The molecule has 16 heteroatoms. The highest BCUT2D eigenvalue weighted by Gasteiger charge is 2.70. The molecule has 0 N–H and O–H groups in total. The van der Waals surface area contributed by atoms with Crippen molar-refractivity contribution in [2.45, 2.75) is 37.5 Å². The zero-order valence-corrected chi connectivity index (χ0v) is 19.0. The monoisotopic (exact) mass is 572 g/mol. The van der Waals surface area contributed by atoms with Gasteiger partial charge in [-0.25, -0.2) is 26.3 Å². The fourth-order valence-electron chi connectivity index (χ4n) is 4.76. The van der Waals surface area contributed by atoms with Crippen LogP contribution in [-0.2, 0) is 23.7 Å². The first-order valence-corrected chi connectivity index (χ1v) is 10.8. The summed E-state index contributed by atoms with van der Waals surface area (Å²) in [5.74, 6) is -46.0. The van der Waals surface area contributed by atoms with Crippen molar-refractivity contribution in [2.75, 3.05) is 36.0 Å². The summed E-state index contributed by atoms with van der Waals surface area (Å²) in [4.78, 5) is 1.14. The molecular weight excluding hydrogens is 558 g/mol. The third-order valence-electron chi connectivity index (χ3n) is 6.67. The Morgan fingerprint density at radius 3 is 0.895 bits per heavy atom. The second-order valence-corrected chi connectivity index (χ2v) is 8.54. The standard InChI is InChI=1S/C22H14F14N2/c1-3-37-5-6-38(4-2)18-10-16(28)15(27)9(17(18)37)21(33,34)19(29,30)7-11(23)13(25)8(14(26)12(7)24)20(31,32)22(10,35)36/h3-6H2,1-2H3. The Morgan fingerprint density at radius 1 is 0.447 bits per heavy atom. The average molecular weight is 572 g/mol. The van der Waals surface area contributed by atoms with E-state index < -0.39 is 118 Å². The summed E-state index contributed by atoms with van der Waals surface area (Å²) >= 11 is 0. The predicted octanol–water partition coefficient (Wildman–Crippen LogP) is 7.27. The number of likely N-dealkylation sites (N-methyl/N-ethyl adjacent to an activating group) is 2. The zero-order valence-electron chi connectivity index (χ0n) is 19.0. The van der Waals surface area contributed by atoms with E-state index in [1.54, 1.807) is 0 Å². The number of nitrogens with zero attached hydrogens (tertiary/aromatic N) is 2. The molecule has 1 aliphatic heterocycles. The fraction of sp³-hybridized carbons (Fsp3) is 0.455. The lowest BCUT2D eigenvalue weighted by Crippen LogP contribution is -2.49. The van der Waals surface area contributed by atoms with Crippen LogP contribution < -0.4 is 9.80 Å². The lowest BCUT2D eigenvalue weighted by molar-refractivity contribution is -0.234. The van der Waals surface area contributed by atoms with Gasteiger partial charge >= 0.3 is 23.7 Å². The number of alkyl halides is 8. The maximum absolute atomic E-state index is 15.5. The van der Waals surface area contributed by atoms with Crippen LogP contribution in [0.5, 0.6) is 0 Å². The molecule has 0 spiro atoms. The first-order chi connectivity index (χ1) is 17.3. The van der Waals surface area contributed by atoms with Crippen LogP contribution in [-0.4, -0.2) is 26.2 Å². The van der Waals surface area contributed by atoms with Crippen LogP contribution in [0.4, 0.5) is 72.8 Å². The average Bonchev–Trinajstić information content (AvgIpc) is 2.81. The van der Waals surface area contributed by atoms with E-state index in [1.807, 2.05) is 0 Å². The van der Waals surface area contributed by atoms with E-state index in [4.69, 9.17) is 0 Å². The van der Waals surface area contributed by atoms with E-state index in [2.05, 4.69) is 0 Å². The molecule has 0 radical (unpaired) electrons. The number of anilines is 2. The zero-order chi connectivity index (χ0) is 28.9. The van der Waals surface area contributed by atoms with E-state index in [0.717, 1.165) is 13.8 Å². The van der Waals surface area contributed by atoms with E-state index in [9.17, 15) is 17.6 Å². The predicted molar refractivity (Wildman–Crippen MR) is 104 cm³/mol. The third-order valence-corrected chi connectivity index (χ3v) is 6.67. The van der Waals surface area contributed by atoms with Crippen LogP contribution in [0.2, 0.25) is 0 Å². The van der Waals surface area contributed by atoms with Crippen molar-refractivity contribution in [1.29, 1.82) is 0 Å². The van der Waals surface area contributed by atoms with Gasteiger partial charge in [0.1, 0.15) is 11.1 Å². The highest BCUT2D eigenvalue weighted by Crippen LogP contribution is 2.62. The maximum atomic E-state index is 15.5. The molecule has 0 unspecified atom stereocenters. The number of rotatable bonds is 2. The van der Waals surface area contributed by atoms with E-state index >= 15 is 43.9 Å². The maximum Gasteiger partial charge on any atom is 0.345 e. The molecule has 0 saturated carbocycles. The Kier molecular flexibility index (Phi) is 6.12. The van der Waals surface area contributed by atoms with Gasteiger partial charge in [0.15, 0.2) is 34.9 Å². The first-order valence-electron chi connectivity index (χ1n) is 10.8. The van der Waals surface area contributed by atoms with Crippen molar-refractivity contribution in [3.8, 4) is 0 Å². The van der Waals surface area contributed by atoms with Crippen molar-refractivity contribution in [1.82, 2.24) is 0 Å². The molecule has 2 aromatic carbocycles. The van der Waals surface area contributed by atoms with Crippen molar-refractivity contribution in [3.63, 3.8) is 0 Å². The molecule has 38 heavy (non-hydrogen) atoms. The van der Waals surface area contributed by atoms with Crippen molar-refractivity contribution >= 4 is 11.4 Å². The Hall–Kier alpha value is -2.94. The van der Waals surface area contributed by atoms with Crippen LogP contribution in [0.1, 0.15) is 36.1 Å². The smallest absolute Gasteiger partial charge is 0.345 e. The van der Waals surface area contributed by atoms with Gasteiger partial charge in [0.2, 0.25) is 0 Å². The largest absolute Gasteiger partial charge is 0.368 e. The van der Waals surface area contributed by atoms with Gasteiger partial charge < -0.3 is 9.80 Å². The van der Waals surface area contributed by atoms with Crippen molar-refractivity contribution < 1.29 is 61.5 Å². The number of hydrogen-bond donors (Lipinski definition) is 0. The summed E-state index contributed by atoms with van der Waals surface area (Å²) in [5.41, 5.74) is -15.6. The van der Waals surface area contributed by atoms with Gasteiger partial charge in [-0.05, 0) is 13.8 Å². The lowest BCUT2D eigenvalue weighted by atomic mass is 9.83. The Balaban J connectivity index is 2.40. The minimum Gasteiger partial charge on any atom is -0.368 e. The molecule has 2 aromatic rings. The molecule has 0 atom stereocenters. The minimum atomic E-state index is -6.46. The normalized spacial score (nSPS) is 20.8. The third kappa shape index (κ3) is 3.14. The van der Waals surface area contributed by atoms with Gasteiger partial charge in [-0.2, -0.15) is 35.1 Å². The van der Waals surface area contributed by atoms with Crippen molar-refractivity contribution in [3.05, 3.63) is 57.2 Å². The molecule has 210 valence electrons. The molecular formula is C22H14F14N2.